The zero-order valence-electron chi connectivity index (χ0n) is 15.7. The fourth-order valence-electron chi connectivity index (χ4n) is 3.04. The van der Waals surface area contributed by atoms with Gasteiger partial charge in [0.2, 0.25) is 0 Å². The van der Waals surface area contributed by atoms with Crippen LogP contribution < -0.4 is 4.90 Å². The Balaban J connectivity index is 2.18. The molecular formula is C21H23N3O3. The molecule has 6 nitrogen and oxygen atoms in total. The molecule has 0 radical (unpaired) electrons. The van der Waals surface area contributed by atoms with E-state index in [1.807, 2.05) is 36.2 Å². The molecule has 0 amide bonds. The van der Waals surface area contributed by atoms with Crippen LogP contribution in [0.1, 0.15) is 29.8 Å². The van der Waals surface area contributed by atoms with Gasteiger partial charge in [0.15, 0.2) is 5.82 Å². The van der Waals surface area contributed by atoms with Crippen molar-refractivity contribution in [1.82, 2.24) is 9.97 Å². The average Bonchev–Trinajstić information content (AvgIpc) is 2.66. The minimum Gasteiger partial charge on any atom is -0.478 e. The quantitative estimate of drug-likeness (QED) is 0.694. The van der Waals surface area contributed by atoms with Crippen LogP contribution in [0.25, 0.3) is 22.3 Å². The lowest BCUT2D eigenvalue weighted by Gasteiger charge is -2.23. The van der Waals surface area contributed by atoms with Gasteiger partial charge < -0.3 is 15.1 Å². The first-order valence-corrected chi connectivity index (χ1v) is 8.85. The number of nitrogens with zero attached hydrogens (tertiary/aromatic N) is 3. The molecule has 0 bridgehead atoms. The Bertz CT molecular complexity index is 968. The van der Waals surface area contributed by atoms with Crippen LogP contribution in [-0.4, -0.2) is 39.7 Å². The van der Waals surface area contributed by atoms with Crippen molar-refractivity contribution in [2.75, 3.05) is 18.5 Å². The summed E-state index contributed by atoms with van der Waals surface area (Å²) in [5.41, 5.74) is 3.84. The van der Waals surface area contributed by atoms with Crippen LogP contribution in [-0.2, 0) is 6.61 Å². The largest absolute Gasteiger partial charge is 0.478 e. The fourth-order valence-corrected chi connectivity index (χ4v) is 3.04. The first-order valence-electron chi connectivity index (χ1n) is 8.85. The van der Waals surface area contributed by atoms with Crippen LogP contribution in [0.3, 0.4) is 0 Å². The van der Waals surface area contributed by atoms with Crippen molar-refractivity contribution in [3.05, 3.63) is 53.6 Å². The SMILES string of the molecule is CC(C)CN(C)c1nc2cc(C(=O)O)ccc2nc1-c1ccc(CO)cc1. The van der Waals surface area contributed by atoms with E-state index in [0.29, 0.717) is 22.8 Å². The Morgan fingerprint density at radius 1 is 1.07 bits per heavy atom. The minimum atomic E-state index is -0.987. The molecule has 0 atom stereocenters. The molecule has 0 spiro atoms. The van der Waals surface area contributed by atoms with Crippen LogP contribution in [0.15, 0.2) is 42.5 Å². The number of rotatable bonds is 6. The summed E-state index contributed by atoms with van der Waals surface area (Å²) in [5.74, 6) is 0.150. The number of hydrogen-bond donors (Lipinski definition) is 2. The smallest absolute Gasteiger partial charge is 0.335 e. The van der Waals surface area contributed by atoms with Gasteiger partial charge >= 0.3 is 5.97 Å². The lowest BCUT2D eigenvalue weighted by atomic mass is 10.1. The number of anilines is 1. The van der Waals surface area contributed by atoms with Gasteiger partial charge in [-0.3, -0.25) is 0 Å². The molecule has 6 heteroatoms. The summed E-state index contributed by atoms with van der Waals surface area (Å²) in [6.45, 7) is 5.04. The van der Waals surface area contributed by atoms with Crippen molar-refractivity contribution in [2.24, 2.45) is 5.92 Å². The Kier molecular flexibility index (Phi) is 5.37. The highest BCUT2D eigenvalue weighted by molar-refractivity contribution is 5.93. The number of carboxylic acid groups (broad SMARTS) is 1. The van der Waals surface area contributed by atoms with Crippen LogP contribution in [0.4, 0.5) is 5.82 Å². The van der Waals surface area contributed by atoms with E-state index in [4.69, 9.17) is 9.97 Å². The van der Waals surface area contributed by atoms with E-state index >= 15 is 0 Å². The molecule has 0 unspecified atom stereocenters. The van der Waals surface area contributed by atoms with Crippen molar-refractivity contribution in [3.63, 3.8) is 0 Å². The Hall–Kier alpha value is -2.99. The van der Waals surface area contributed by atoms with Gasteiger partial charge in [-0.1, -0.05) is 38.1 Å². The zero-order valence-corrected chi connectivity index (χ0v) is 15.7. The zero-order chi connectivity index (χ0) is 19.6. The molecule has 0 aliphatic heterocycles. The number of aliphatic hydroxyl groups excluding tert-OH is 1. The van der Waals surface area contributed by atoms with Gasteiger partial charge in [0.25, 0.3) is 0 Å². The van der Waals surface area contributed by atoms with Gasteiger partial charge in [-0.05, 0) is 29.7 Å². The molecule has 2 aromatic carbocycles. The Morgan fingerprint density at radius 2 is 1.78 bits per heavy atom. The molecule has 1 heterocycles. The Labute approximate surface area is 158 Å². The normalized spacial score (nSPS) is 11.1. The van der Waals surface area contributed by atoms with E-state index in [1.165, 1.54) is 6.07 Å². The molecule has 3 aromatic rings. The van der Waals surface area contributed by atoms with Gasteiger partial charge in [0, 0.05) is 19.2 Å². The highest BCUT2D eigenvalue weighted by Gasteiger charge is 2.17. The third-order valence-electron chi connectivity index (χ3n) is 4.30. The molecule has 140 valence electrons. The molecule has 3 rings (SSSR count). The lowest BCUT2D eigenvalue weighted by molar-refractivity contribution is 0.0697. The van der Waals surface area contributed by atoms with Gasteiger partial charge in [-0.15, -0.1) is 0 Å². The van der Waals surface area contributed by atoms with Crippen LogP contribution >= 0.6 is 0 Å². The summed E-state index contributed by atoms with van der Waals surface area (Å²) in [4.78, 5) is 22.8. The van der Waals surface area contributed by atoms with Crippen molar-refractivity contribution in [2.45, 2.75) is 20.5 Å². The van der Waals surface area contributed by atoms with Crippen LogP contribution in [0, 0.1) is 5.92 Å². The molecule has 0 fully saturated rings. The predicted molar refractivity (Wildman–Crippen MR) is 106 cm³/mol. The minimum absolute atomic E-state index is 0.0121. The van der Waals surface area contributed by atoms with Gasteiger partial charge in [0.05, 0.1) is 23.2 Å². The van der Waals surface area contributed by atoms with Crippen molar-refractivity contribution in [1.29, 1.82) is 0 Å². The van der Waals surface area contributed by atoms with E-state index < -0.39 is 5.97 Å². The number of benzene rings is 2. The third-order valence-corrected chi connectivity index (χ3v) is 4.30. The molecule has 0 aliphatic carbocycles. The van der Waals surface area contributed by atoms with Crippen molar-refractivity contribution < 1.29 is 15.0 Å². The van der Waals surface area contributed by atoms with Crippen molar-refractivity contribution in [3.8, 4) is 11.3 Å². The second kappa shape index (κ2) is 7.72. The maximum Gasteiger partial charge on any atom is 0.335 e. The maximum absolute atomic E-state index is 11.3. The highest BCUT2D eigenvalue weighted by Crippen LogP contribution is 2.30. The van der Waals surface area contributed by atoms with E-state index in [1.54, 1.807) is 12.1 Å². The number of fused-ring (bicyclic) bond motifs is 1. The van der Waals surface area contributed by atoms with Gasteiger partial charge in [0.1, 0.15) is 5.69 Å². The molecule has 0 aliphatic rings. The summed E-state index contributed by atoms with van der Waals surface area (Å²) in [5, 5.41) is 18.5. The predicted octanol–water partition coefficient (Wildman–Crippen LogP) is 3.58. The highest BCUT2D eigenvalue weighted by atomic mass is 16.4. The molecule has 2 N–H and O–H groups in total. The summed E-state index contributed by atoms with van der Waals surface area (Å²) >= 11 is 0. The number of carboxylic acids is 1. The molecular weight excluding hydrogens is 342 g/mol. The van der Waals surface area contributed by atoms with Crippen molar-refractivity contribution >= 4 is 22.8 Å². The fraction of sp³-hybridized carbons (Fsp3) is 0.286. The number of aromatic nitrogens is 2. The Morgan fingerprint density at radius 3 is 2.37 bits per heavy atom. The summed E-state index contributed by atoms with van der Waals surface area (Å²) < 4.78 is 0. The van der Waals surface area contributed by atoms with E-state index in [9.17, 15) is 15.0 Å². The van der Waals surface area contributed by atoms with E-state index in [-0.39, 0.29) is 12.2 Å². The summed E-state index contributed by atoms with van der Waals surface area (Å²) in [7, 11) is 1.96. The van der Waals surface area contributed by atoms with E-state index in [2.05, 4.69) is 13.8 Å². The molecule has 1 aromatic heterocycles. The summed E-state index contributed by atoms with van der Waals surface area (Å²) in [6, 6.07) is 12.3. The van der Waals surface area contributed by atoms with Gasteiger partial charge in [-0.25, -0.2) is 14.8 Å². The average molecular weight is 365 g/mol. The van der Waals surface area contributed by atoms with Gasteiger partial charge in [-0.2, -0.15) is 0 Å². The molecule has 0 saturated heterocycles. The monoisotopic (exact) mass is 365 g/mol. The molecule has 27 heavy (non-hydrogen) atoms. The number of carbonyl (C=O) groups is 1. The third kappa shape index (κ3) is 4.06. The summed E-state index contributed by atoms with van der Waals surface area (Å²) in [6.07, 6.45) is 0. The lowest BCUT2D eigenvalue weighted by Crippen LogP contribution is -2.24. The first-order chi connectivity index (χ1) is 12.9. The van der Waals surface area contributed by atoms with E-state index in [0.717, 1.165) is 23.4 Å². The standard InChI is InChI=1S/C21H23N3O3/c1-13(2)11-24(3)20-19(15-6-4-14(12-25)5-7-15)22-17-9-8-16(21(26)27)10-18(17)23-20/h4-10,13,25H,11-12H2,1-3H3,(H,26,27). The first kappa shape index (κ1) is 18.8. The second-order valence-electron chi connectivity index (χ2n) is 7.03. The van der Waals surface area contributed by atoms with Crippen LogP contribution in [0.2, 0.25) is 0 Å². The topological polar surface area (TPSA) is 86.6 Å². The molecule has 0 saturated carbocycles. The second-order valence-corrected chi connectivity index (χ2v) is 7.03. The number of hydrogen-bond acceptors (Lipinski definition) is 5. The number of aromatic carboxylic acids is 1. The maximum atomic E-state index is 11.3. The van der Waals surface area contributed by atoms with Crippen LogP contribution in [0.5, 0.6) is 0 Å². The number of aliphatic hydroxyl groups is 1.